The lowest BCUT2D eigenvalue weighted by Gasteiger charge is -2.15. The topological polar surface area (TPSA) is 134 Å². The van der Waals surface area contributed by atoms with Crippen LogP contribution in [0.15, 0.2) is 140 Å². The number of benzene rings is 5. The van der Waals surface area contributed by atoms with Crippen LogP contribution in [0.5, 0.6) is 0 Å². The maximum absolute atomic E-state index is 5.16. The molecule has 11 nitrogen and oxygen atoms in total. The van der Waals surface area contributed by atoms with Crippen molar-refractivity contribution in [2.24, 2.45) is 0 Å². The summed E-state index contributed by atoms with van der Waals surface area (Å²) in [5.74, 6) is 5.64. The van der Waals surface area contributed by atoms with Crippen LogP contribution in [0.2, 0.25) is 0 Å². The minimum Gasteiger partial charge on any atom is -0.309 e. The lowest BCUT2D eigenvalue weighted by Crippen LogP contribution is -2.02. The van der Waals surface area contributed by atoms with Crippen molar-refractivity contribution in [3.63, 3.8) is 0 Å². The molecule has 10 rings (SSSR count). The van der Waals surface area contributed by atoms with Crippen LogP contribution in [0.3, 0.4) is 0 Å². The van der Waals surface area contributed by atoms with Crippen molar-refractivity contribution >= 4 is 21.8 Å². The van der Waals surface area contributed by atoms with Gasteiger partial charge in [0, 0.05) is 62.2 Å². The van der Waals surface area contributed by atoms with E-state index in [4.69, 9.17) is 34.9 Å². The maximum atomic E-state index is 5.16. The molecule has 0 bridgehead atoms. The smallest absolute Gasteiger partial charge is 0.164 e. The summed E-state index contributed by atoms with van der Waals surface area (Å²) in [5, 5.41) is 2.04. The summed E-state index contributed by atoms with van der Waals surface area (Å²) >= 11 is 0. The zero-order valence-corrected chi connectivity index (χ0v) is 32.7. The van der Waals surface area contributed by atoms with E-state index in [9.17, 15) is 0 Å². The Kier molecular flexibility index (Phi) is 8.75. The number of aromatic nitrogens is 11. The van der Waals surface area contributed by atoms with Gasteiger partial charge in [-0.2, -0.15) is 0 Å². The third kappa shape index (κ3) is 6.74. The molecule has 0 saturated carbocycles. The Morgan fingerprint density at radius 3 is 1.32 bits per heavy atom. The van der Waals surface area contributed by atoms with Gasteiger partial charge in [-0.25, -0.2) is 44.9 Å². The molecule has 10 aromatic rings. The SMILES string of the molecule is Cc1nc(C)nc(-c2ccc3c(c2)c2cc(-c4nc(C)nc(C)n4)ccc2n3-c2ccc(-c3cccnc3)c(-c3nc(-c4ccccc4)nc(-c4ccccc4)n3)c2)n1. The van der Waals surface area contributed by atoms with E-state index in [0.717, 1.165) is 66.4 Å². The molecule has 5 heterocycles. The first-order valence-corrected chi connectivity index (χ1v) is 19.2. The second kappa shape index (κ2) is 14.5. The summed E-state index contributed by atoms with van der Waals surface area (Å²) in [6, 6.07) is 43.2. The van der Waals surface area contributed by atoms with Crippen molar-refractivity contribution < 1.29 is 0 Å². The normalized spacial score (nSPS) is 11.4. The van der Waals surface area contributed by atoms with Gasteiger partial charge in [-0.1, -0.05) is 72.8 Å². The Bertz CT molecular complexity index is 2990. The second-order valence-corrected chi connectivity index (χ2v) is 14.3. The van der Waals surface area contributed by atoms with E-state index in [-0.39, 0.29) is 0 Å². The molecule has 0 unspecified atom stereocenters. The number of rotatable bonds is 7. The highest BCUT2D eigenvalue weighted by atomic mass is 15.1. The first kappa shape index (κ1) is 35.5. The van der Waals surface area contributed by atoms with Gasteiger partial charge in [0.2, 0.25) is 0 Å². The van der Waals surface area contributed by atoms with E-state index < -0.39 is 0 Å². The summed E-state index contributed by atoms with van der Waals surface area (Å²) in [6.07, 6.45) is 3.65. The molecule has 0 aliphatic rings. The first-order chi connectivity index (χ1) is 28.8. The molecule has 0 fully saturated rings. The van der Waals surface area contributed by atoms with Gasteiger partial charge in [0.05, 0.1) is 11.0 Å². The fourth-order valence-corrected chi connectivity index (χ4v) is 7.63. The lowest BCUT2D eigenvalue weighted by atomic mass is 9.99. The van der Waals surface area contributed by atoms with Crippen LogP contribution in [0.1, 0.15) is 23.3 Å². The van der Waals surface area contributed by atoms with Gasteiger partial charge in [0.15, 0.2) is 29.1 Å². The molecular formula is C48H35N11. The van der Waals surface area contributed by atoms with Gasteiger partial charge < -0.3 is 4.57 Å². The largest absolute Gasteiger partial charge is 0.309 e. The minimum atomic E-state index is 0.546. The highest BCUT2D eigenvalue weighted by Crippen LogP contribution is 2.39. The number of hydrogen-bond acceptors (Lipinski definition) is 10. The van der Waals surface area contributed by atoms with Gasteiger partial charge in [-0.15, -0.1) is 0 Å². The molecule has 59 heavy (non-hydrogen) atoms. The van der Waals surface area contributed by atoms with E-state index in [1.54, 1.807) is 6.20 Å². The molecule has 11 heteroatoms. The standard InChI is InChI=1S/C48H35N11/c1-28-50-29(2)53-46(52-28)34-17-21-42-39(24-34)40-25-35(47-54-30(3)51-31(4)55-47)18-22-43(40)59(42)37-19-20-38(36-16-11-23-49-27-36)41(26-37)48-57-44(32-12-7-5-8-13-32)56-45(58-48)33-14-9-6-10-15-33/h5-27H,1-4H3. The molecule has 0 amide bonds. The summed E-state index contributed by atoms with van der Waals surface area (Å²) in [7, 11) is 0. The molecule has 0 N–H and O–H groups in total. The summed E-state index contributed by atoms with van der Waals surface area (Å²) < 4.78 is 2.28. The molecular weight excluding hydrogens is 731 g/mol. The predicted octanol–water partition coefficient (Wildman–Crippen LogP) is 9.97. The van der Waals surface area contributed by atoms with Crippen LogP contribution in [0, 0.1) is 27.7 Å². The van der Waals surface area contributed by atoms with E-state index in [1.165, 1.54) is 0 Å². The van der Waals surface area contributed by atoms with Crippen molar-refractivity contribution in [2.75, 3.05) is 0 Å². The molecule has 5 aromatic heterocycles. The Labute approximate surface area is 339 Å². The fourth-order valence-electron chi connectivity index (χ4n) is 7.63. The number of aryl methyl sites for hydroxylation is 4. The zero-order valence-electron chi connectivity index (χ0n) is 32.7. The van der Waals surface area contributed by atoms with Gasteiger partial charge in [-0.3, -0.25) is 4.98 Å². The van der Waals surface area contributed by atoms with Gasteiger partial charge in [-0.05, 0) is 87.9 Å². The van der Waals surface area contributed by atoms with E-state index in [2.05, 4.69) is 80.2 Å². The van der Waals surface area contributed by atoms with Crippen molar-refractivity contribution in [3.05, 3.63) is 163 Å². The van der Waals surface area contributed by atoms with Gasteiger partial charge in [0.25, 0.3) is 0 Å². The van der Waals surface area contributed by atoms with Crippen LogP contribution in [0.4, 0.5) is 0 Å². The monoisotopic (exact) mass is 765 g/mol. The number of pyridine rings is 1. The van der Waals surface area contributed by atoms with Crippen molar-refractivity contribution in [1.82, 2.24) is 54.4 Å². The minimum absolute atomic E-state index is 0.546. The fraction of sp³-hybridized carbons (Fsp3) is 0.0833. The van der Waals surface area contributed by atoms with Crippen molar-refractivity contribution in [1.29, 1.82) is 0 Å². The number of fused-ring (bicyclic) bond motifs is 3. The molecule has 0 saturated heterocycles. The highest BCUT2D eigenvalue weighted by molar-refractivity contribution is 6.11. The molecule has 0 aliphatic heterocycles. The lowest BCUT2D eigenvalue weighted by molar-refractivity contribution is 0.928. The van der Waals surface area contributed by atoms with E-state index in [0.29, 0.717) is 52.4 Å². The average molecular weight is 766 g/mol. The third-order valence-electron chi connectivity index (χ3n) is 10.2. The van der Waals surface area contributed by atoms with Crippen LogP contribution in [0.25, 0.3) is 95.6 Å². The highest BCUT2D eigenvalue weighted by Gasteiger charge is 2.21. The maximum Gasteiger partial charge on any atom is 0.164 e. The van der Waals surface area contributed by atoms with Crippen LogP contribution in [-0.2, 0) is 0 Å². The molecule has 0 spiro atoms. The Hall–Kier alpha value is -7.92. The quantitative estimate of drug-likeness (QED) is 0.154. The van der Waals surface area contributed by atoms with Gasteiger partial charge in [0.1, 0.15) is 23.3 Å². The molecule has 0 aliphatic carbocycles. The third-order valence-corrected chi connectivity index (χ3v) is 10.2. The van der Waals surface area contributed by atoms with Crippen molar-refractivity contribution in [2.45, 2.75) is 27.7 Å². The first-order valence-electron chi connectivity index (χ1n) is 19.2. The Morgan fingerprint density at radius 1 is 0.356 bits per heavy atom. The molecule has 0 atom stereocenters. The number of hydrogen-bond donors (Lipinski definition) is 0. The van der Waals surface area contributed by atoms with Gasteiger partial charge >= 0.3 is 0 Å². The number of nitrogens with zero attached hydrogens (tertiary/aromatic N) is 11. The molecule has 5 aromatic carbocycles. The Balaban J connectivity index is 1.24. The van der Waals surface area contributed by atoms with E-state index in [1.807, 2.05) is 101 Å². The van der Waals surface area contributed by atoms with E-state index >= 15 is 0 Å². The van der Waals surface area contributed by atoms with Crippen LogP contribution >= 0.6 is 0 Å². The summed E-state index contributed by atoms with van der Waals surface area (Å²) in [5.41, 5.74) is 9.22. The molecule has 282 valence electrons. The summed E-state index contributed by atoms with van der Waals surface area (Å²) in [6.45, 7) is 7.55. The zero-order chi connectivity index (χ0) is 40.0. The van der Waals surface area contributed by atoms with Crippen LogP contribution < -0.4 is 0 Å². The average Bonchev–Trinajstić information content (AvgIpc) is 3.59. The Morgan fingerprint density at radius 2 is 0.831 bits per heavy atom. The van der Waals surface area contributed by atoms with Crippen LogP contribution in [-0.4, -0.2) is 54.4 Å². The second-order valence-electron chi connectivity index (χ2n) is 14.3. The summed E-state index contributed by atoms with van der Waals surface area (Å²) in [4.78, 5) is 47.4. The van der Waals surface area contributed by atoms with Crippen molar-refractivity contribution in [3.8, 4) is 73.8 Å². The molecule has 0 radical (unpaired) electrons. The predicted molar refractivity (Wildman–Crippen MR) is 230 cm³/mol.